The first kappa shape index (κ1) is 18.1. The van der Waals surface area contributed by atoms with Gasteiger partial charge in [0.25, 0.3) is 0 Å². The standard InChI is InChI=1S/C16H21IN2OS/c1-5-7-10-14(6-2)19(4)16-12-9-8-11-15(16)13(3)18-20-21-17/h5,7-12H,6H2,1-4H3/b7-5-,14-10+,18-13-. The fourth-order valence-corrected chi connectivity index (χ4v) is 2.40. The summed E-state index contributed by atoms with van der Waals surface area (Å²) in [6.45, 7) is 6.14. The zero-order chi connectivity index (χ0) is 15.7. The van der Waals surface area contributed by atoms with Crippen LogP contribution in [0.4, 0.5) is 5.69 Å². The Balaban J connectivity index is 3.18. The van der Waals surface area contributed by atoms with Gasteiger partial charge < -0.3 is 9.18 Å². The number of hydrogen-bond acceptors (Lipinski definition) is 4. The lowest BCUT2D eigenvalue weighted by Gasteiger charge is -2.24. The molecule has 0 aliphatic carbocycles. The first-order valence-electron chi connectivity index (χ1n) is 6.79. The number of para-hydroxylation sites is 1. The second kappa shape index (κ2) is 9.89. The Bertz CT molecular complexity index is 541. The van der Waals surface area contributed by atoms with Gasteiger partial charge in [-0.2, -0.15) is 0 Å². The molecule has 0 radical (unpaired) electrons. The normalized spacial score (nSPS) is 12.8. The number of oxime groups is 1. The van der Waals surface area contributed by atoms with E-state index in [1.54, 1.807) is 0 Å². The van der Waals surface area contributed by atoms with E-state index in [9.17, 15) is 0 Å². The van der Waals surface area contributed by atoms with Crippen molar-refractivity contribution in [3.05, 3.63) is 53.8 Å². The van der Waals surface area contributed by atoms with Gasteiger partial charge in [-0.25, -0.2) is 0 Å². The van der Waals surface area contributed by atoms with E-state index in [-0.39, 0.29) is 0 Å². The van der Waals surface area contributed by atoms with Crippen molar-refractivity contribution in [2.45, 2.75) is 27.2 Å². The van der Waals surface area contributed by atoms with Gasteiger partial charge in [0, 0.05) is 45.2 Å². The van der Waals surface area contributed by atoms with Crippen molar-refractivity contribution >= 4 is 41.8 Å². The maximum Gasteiger partial charge on any atom is 0.160 e. The van der Waals surface area contributed by atoms with Crippen LogP contribution in [0.2, 0.25) is 0 Å². The van der Waals surface area contributed by atoms with Crippen molar-refractivity contribution < 1.29 is 4.28 Å². The van der Waals surface area contributed by atoms with Crippen LogP contribution in [0.3, 0.4) is 0 Å². The van der Waals surface area contributed by atoms with Crippen LogP contribution in [0.15, 0.2) is 53.3 Å². The van der Waals surface area contributed by atoms with Gasteiger partial charge in [0.2, 0.25) is 0 Å². The molecule has 0 fully saturated rings. The third-order valence-electron chi connectivity index (χ3n) is 3.13. The monoisotopic (exact) mass is 416 g/mol. The molecule has 0 aliphatic rings. The Morgan fingerprint density at radius 1 is 1.43 bits per heavy atom. The van der Waals surface area contributed by atoms with Gasteiger partial charge in [0.05, 0.1) is 5.71 Å². The molecule has 0 aromatic heterocycles. The molecule has 3 nitrogen and oxygen atoms in total. The fourth-order valence-electron chi connectivity index (χ4n) is 2.02. The Hall–Kier alpha value is -0.950. The largest absolute Gasteiger partial charge is 0.348 e. The predicted molar refractivity (Wildman–Crippen MR) is 103 cm³/mol. The van der Waals surface area contributed by atoms with E-state index in [1.165, 1.54) is 14.9 Å². The molecule has 0 heterocycles. The lowest BCUT2D eigenvalue weighted by Crippen LogP contribution is -2.18. The molecule has 1 rings (SSSR count). The van der Waals surface area contributed by atoms with E-state index < -0.39 is 0 Å². The molecule has 0 amide bonds. The number of halogens is 1. The average Bonchev–Trinajstić information content (AvgIpc) is 2.53. The quantitative estimate of drug-likeness (QED) is 0.187. The topological polar surface area (TPSA) is 24.8 Å². The molecule has 114 valence electrons. The fraction of sp³-hybridized carbons (Fsp3) is 0.312. The lowest BCUT2D eigenvalue weighted by molar-refractivity contribution is 0.413. The SMILES string of the molecule is C/C=C\C=C(/CC)N(C)c1ccccc1/C(C)=N\OSI. The summed E-state index contributed by atoms with van der Waals surface area (Å²) in [5, 5.41) is 4.12. The van der Waals surface area contributed by atoms with E-state index >= 15 is 0 Å². The predicted octanol–water partition coefficient (Wildman–Crippen LogP) is 5.73. The van der Waals surface area contributed by atoms with Crippen LogP contribution in [0.5, 0.6) is 0 Å². The van der Waals surface area contributed by atoms with Gasteiger partial charge in [-0.3, -0.25) is 0 Å². The summed E-state index contributed by atoms with van der Waals surface area (Å²) in [6, 6.07) is 8.23. The highest BCUT2D eigenvalue weighted by Gasteiger charge is 2.12. The van der Waals surface area contributed by atoms with Crippen molar-refractivity contribution in [3.8, 4) is 0 Å². The molecule has 0 aliphatic heterocycles. The number of allylic oxidation sites excluding steroid dienone is 4. The number of rotatable bonds is 7. The van der Waals surface area contributed by atoms with Gasteiger partial charge in [0.15, 0.2) is 9.21 Å². The third kappa shape index (κ3) is 5.39. The van der Waals surface area contributed by atoms with Crippen LogP contribution < -0.4 is 4.90 Å². The highest BCUT2D eigenvalue weighted by atomic mass is 127. The van der Waals surface area contributed by atoms with Gasteiger partial charge in [-0.1, -0.05) is 42.4 Å². The zero-order valence-electron chi connectivity index (χ0n) is 12.8. The first-order chi connectivity index (χ1) is 10.2. The number of hydrogen-bond donors (Lipinski definition) is 0. The van der Waals surface area contributed by atoms with Crippen molar-refractivity contribution in [1.29, 1.82) is 0 Å². The van der Waals surface area contributed by atoms with Crippen LogP contribution >= 0.6 is 30.4 Å². The number of anilines is 1. The van der Waals surface area contributed by atoms with E-state index in [1.807, 2.05) is 32.1 Å². The smallest absolute Gasteiger partial charge is 0.160 e. The highest BCUT2D eigenvalue weighted by molar-refractivity contribution is 14.2. The van der Waals surface area contributed by atoms with Crippen LogP contribution in [0.1, 0.15) is 32.8 Å². The minimum absolute atomic E-state index is 0.864. The van der Waals surface area contributed by atoms with Crippen LogP contribution in [-0.4, -0.2) is 12.8 Å². The lowest BCUT2D eigenvalue weighted by atomic mass is 10.1. The van der Waals surface area contributed by atoms with E-state index in [2.05, 4.69) is 69.5 Å². The van der Waals surface area contributed by atoms with Crippen LogP contribution in [-0.2, 0) is 4.28 Å². The van der Waals surface area contributed by atoms with Gasteiger partial charge in [0.1, 0.15) is 0 Å². The summed E-state index contributed by atoms with van der Waals surface area (Å²) < 4.78 is 5.08. The molecule has 0 unspecified atom stereocenters. The van der Waals surface area contributed by atoms with E-state index in [0.29, 0.717) is 0 Å². The summed E-state index contributed by atoms with van der Waals surface area (Å²) >= 11 is 2.05. The average molecular weight is 416 g/mol. The van der Waals surface area contributed by atoms with E-state index in [0.717, 1.165) is 23.4 Å². The molecule has 1 aromatic carbocycles. The van der Waals surface area contributed by atoms with Crippen molar-refractivity contribution in [1.82, 2.24) is 0 Å². The van der Waals surface area contributed by atoms with Gasteiger partial charge >= 0.3 is 0 Å². The van der Waals surface area contributed by atoms with Crippen molar-refractivity contribution in [2.75, 3.05) is 11.9 Å². The summed E-state index contributed by atoms with van der Waals surface area (Å²) in [5.74, 6) is 0. The Morgan fingerprint density at radius 3 is 2.76 bits per heavy atom. The maximum atomic E-state index is 5.08. The molecule has 0 spiro atoms. The second-order valence-electron chi connectivity index (χ2n) is 4.43. The second-order valence-corrected chi connectivity index (χ2v) is 5.78. The summed E-state index contributed by atoms with van der Waals surface area (Å²) in [6.07, 6.45) is 7.20. The number of benzene rings is 1. The molecule has 0 saturated carbocycles. The number of nitrogens with zero attached hydrogens (tertiary/aromatic N) is 2. The molecule has 0 saturated heterocycles. The minimum atomic E-state index is 0.864. The maximum absolute atomic E-state index is 5.08. The molecule has 5 heteroatoms. The Labute approximate surface area is 143 Å². The van der Waals surface area contributed by atoms with Crippen LogP contribution in [0, 0.1) is 0 Å². The zero-order valence-corrected chi connectivity index (χ0v) is 15.8. The molecule has 21 heavy (non-hydrogen) atoms. The molecular formula is C16H21IN2OS. The molecule has 0 bridgehead atoms. The van der Waals surface area contributed by atoms with Gasteiger partial charge in [-0.15, -0.1) is 0 Å². The van der Waals surface area contributed by atoms with Crippen molar-refractivity contribution in [2.24, 2.45) is 5.16 Å². The minimum Gasteiger partial charge on any atom is -0.348 e. The van der Waals surface area contributed by atoms with Crippen LogP contribution in [0.25, 0.3) is 0 Å². The van der Waals surface area contributed by atoms with E-state index in [4.69, 9.17) is 4.28 Å². The Morgan fingerprint density at radius 2 is 2.14 bits per heavy atom. The summed E-state index contributed by atoms with van der Waals surface area (Å²) in [5.41, 5.74) is 4.31. The Kier molecular flexibility index (Phi) is 8.52. The highest BCUT2D eigenvalue weighted by Crippen LogP contribution is 2.25. The molecular weight excluding hydrogens is 395 g/mol. The third-order valence-corrected chi connectivity index (χ3v) is 3.74. The molecule has 0 N–H and O–H groups in total. The summed E-state index contributed by atoms with van der Waals surface area (Å²) in [7, 11) is 3.29. The molecule has 1 aromatic rings. The van der Waals surface area contributed by atoms with Gasteiger partial charge in [-0.05, 0) is 32.4 Å². The molecule has 0 atom stereocenters. The first-order valence-corrected chi connectivity index (χ1v) is 10.1. The summed E-state index contributed by atoms with van der Waals surface area (Å²) in [4.78, 5) is 2.20. The van der Waals surface area contributed by atoms with Crippen molar-refractivity contribution in [3.63, 3.8) is 0 Å².